The van der Waals surface area contributed by atoms with Gasteiger partial charge in [-0.05, 0) is 42.0 Å². The van der Waals surface area contributed by atoms with Crippen LogP contribution < -0.4 is 9.47 Å². The predicted octanol–water partition coefficient (Wildman–Crippen LogP) is 3.02. The maximum Gasteiger partial charge on any atom is 0.262 e. The normalized spacial score (nSPS) is 20.0. The monoisotopic (exact) mass is 411 g/mol. The van der Waals surface area contributed by atoms with Gasteiger partial charge in [0.25, 0.3) is 5.91 Å². The summed E-state index contributed by atoms with van der Waals surface area (Å²) >= 11 is 1.60. The predicted molar refractivity (Wildman–Crippen MR) is 108 cm³/mol. The third-order valence-electron chi connectivity index (χ3n) is 5.43. The van der Waals surface area contributed by atoms with E-state index in [0.29, 0.717) is 17.9 Å². The molecule has 1 saturated carbocycles. The minimum absolute atomic E-state index is 0.0254. The number of amides is 2. The maximum atomic E-state index is 13.1. The van der Waals surface area contributed by atoms with E-state index in [1.165, 1.54) is 9.91 Å². The molecule has 1 fully saturated rings. The number of hydrogen-bond acceptors (Lipinski definition) is 6. The van der Waals surface area contributed by atoms with E-state index in [-0.39, 0.29) is 37.1 Å². The number of carbonyl (C=O) groups excluding carboxylic acids is 2. The van der Waals surface area contributed by atoms with Crippen molar-refractivity contribution in [3.05, 3.63) is 46.2 Å². The molecule has 2 amide bonds. The van der Waals surface area contributed by atoms with Gasteiger partial charge in [-0.1, -0.05) is 12.1 Å². The van der Waals surface area contributed by atoms with Crippen LogP contribution in [0.4, 0.5) is 0 Å². The molecule has 0 saturated heterocycles. The highest BCUT2D eigenvalue weighted by atomic mass is 32.1. The summed E-state index contributed by atoms with van der Waals surface area (Å²) in [6.07, 6.45) is 2.45. The van der Waals surface area contributed by atoms with E-state index in [1.54, 1.807) is 18.4 Å². The number of benzene rings is 1. The van der Waals surface area contributed by atoms with Crippen molar-refractivity contribution in [2.75, 3.05) is 20.4 Å². The van der Waals surface area contributed by atoms with E-state index in [9.17, 15) is 9.59 Å². The molecule has 8 heteroatoms. The number of nitrogens with zero attached hydrogens (tertiary/aromatic N) is 3. The molecule has 0 N–H and O–H groups in total. The SMILES string of the molecule is CN(CC(=O)N1N=C(c2cccs2)CC1c1ccc2c(c1)OCO2)C(=O)C1CC1. The van der Waals surface area contributed by atoms with Crippen molar-refractivity contribution in [2.45, 2.75) is 25.3 Å². The molecule has 29 heavy (non-hydrogen) atoms. The Morgan fingerprint density at radius 3 is 2.83 bits per heavy atom. The Bertz CT molecular complexity index is 984. The number of likely N-dealkylation sites (N-methyl/N-ethyl adjacent to an activating group) is 1. The summed E-state index contributed by atoms with van der Waals surface area (Å²) in [5.41, 5.74) is 1.82. The maximum absolute atomic E-state index is 13.1. The molecule has 0 radical (unpaired) electrons. The molecule has 150 valence electrons. The second kappa shape index (κ2) is 7.18. The molecular formula is C21H21N3O4S. The summed E-state index contributed by atoms with van der Waals surface area (Å²) in [5.74, 6) is 1.33. The lowest BCUT2D eigenvalue weighted by molar-refractivity contribution is -0.141. The lowest BCUT2D eigenvalue weighted by atomic mass is 10.0. The lowest BCUT2D eigenvalue weighted by Crippen LogP contribution is -2.39. The minimum Gasteiger partial charge on any atom is -0.454 e. The first-order valence-electron chi connectivity index (χ1n) is 9.68. The van der Waals surface area contributed by atoms with Gasteiger partial charge < -0.3 is 14.4 Å². The van der Waals surface area contributed by atoms with Crippen LogP contribution in [0.1, 0.15) is 35.7 Å². The third-order valence-corrected chi connectivity index (χ3v) is 6.35. The third kappa shape index (κ3) is 3.48. The molecule has 1 aromatic carbocycles. The fourth-order valence-electron chi connectivity index (χ4n) is 3.71. The van der Waals surface area contributed by atoms with Gasteiger partial charge in [-0.15, -0.1) is 11.3 Å². The molecule has 7 nitrogen and oxygen atoms in total. The summed E-state index contributed by atoms with van der Waals surface area (Å²) in [6.45, 7) is 0.231. The zero-order chi connectivity index (χ0) is 20.0. The van der Waals surface area contributed by atoms with E-state index < -0.39 is 0 Å². The van der Waals surface area contributed by atoms with Gasteiger partial charge in [-0.2, -0.15) is 5.10 Å². The smallest absolute Gasteiger partial charge is 0.262 e. The summed E-state index contributed by atoms with van der Waals surface area (Å²) in [7, 11) is 1.69. The topological polar surface area (TPSA) is 71.4 Å². The van der Waals surface area contributed by atoms with Crippen molar-refractivity contribution in [1.29, 1.82) is 0 Å². The van der Waals surface area contributed by atoms with Crippen molar-refractivity contribution >= 4 is 28.9 Å². The van der Waals surface area contributed by atoms with Crippen LogP contribution in [0.3, 0.4) is 0 Å². The van der Waals surface area contributed by atoms with E-state index in [1.807, 2.05) is 35.7 Å². The second-order valence-electron chi connectivity index (χ2n) is 7.56. The van der Waals surface area contributed by atoms with E-state index >= 15 is 0 Å². The van der Waals surface area contributed by atoms with E-state index in [0.717, 1.165) is 29.0 Å². The molecule has 3 aliphatic rings. The van der Waals surface area contributed by atoms with Crippen molar-refractivity contribution in [2.24, 2.45) is 11.0 Å². The number of rotatable bonds is 5. The molecule has 1 atom stereocenters. The van der Waals surface area contributed by atoms with Gasteiger partial charge in [0.2, 0.25) is 12.7 Å². The summed E-state index contributed by atoms with van der Waals surface area (Å²) in [5, 5.41) is 8.19. The first-order valence-corrected chi connectivity index (χ1v) is 10.6. The number of hydrogen-bond donors (Lipinski definition) is 0. The van der Waals surface area contributed by atoms with Crippen LogP contribution in [0, 0.1) is 5.92 Å². The average Bonchev–Trinajstić information content (AvgIpc) is 3.15. The molecule has 1 aromatic heterocycles. The largest absolute Gasteiger partial charge is 0.454 e. The van der Waals surface area contributed by atoms with Gasteiger partial charge in [0.15, 0.2) is 11.5 Å². The Balaban J connectivity index is 1.41. The molecular weight excluding hydrogens is 390 g/mol. The minimum atomic E-state index is -0.237. The van der Waals surface area contributed by atoms with Crippen LogP contribution in [0.5, 0.6) is 11.5 Å². The molecule has 1 aliphatic carbocycles. The van der Waals surface area contributed by atoms with Gasteiger partial charge in [0.1, 0.15) is 6.54 Å². The second-order valence-corrected chi connectivity index (χ2v) is 8.51. The molecule has 2 aromatic rings. The summed E-state index contributed by atoms with van der Waals surface area (Å²) in [4.78, 5) is 28.0. The molecule has 3 heterocycles. The van der Waals surface area contributed by atoms with Crippen LogP contribution in [0.2, 0.25) is 0 Å². The lowest BCUT2D eigenvalue weighted by Gasteiger charge is -2.25. The van der Waals surface area contributed by atoms with Crippen LogP contribution >= 0.6 is 11.3 Å². The number of ether oxygens (including phenoxy) is 2. The standard InChI is InChI=1S/C21H21N3O4S/c1-23(21(26)13-4-5-13)11-20(25)24-16(10-15(22-24)19-3-2-8-29-19)14-6-7-17-18(9-14)28-12-27-17/h2-3,6-9,13,16H,4-5,10-12H2,1H3. The first-order chi connectivity index (χ1) is 14.1. The average molecular weight is 411 g/mol. The fraction of sp³-hybridized carbons (Fsp3) is 0.381. The molecule has 2 aliphatic heterocycles. The summed E-state index contributed by atoms with van der Waals surface area (Å²) in [6, 6.07) is 9.48. The number of thiophene rings is 1. The number of carbonyl (C=O) groups is 2. The summed E-state index contributed by atoms with van der Waals surface area (Å²) < 4.78 is 10.9. The first kappa shape index (κ1) is 18.2. The Hall–Kier alpha value is -2.87. The Morgan fingerprint density at radius 1 is 1.24 bits per heavy atom. The van der Waals surface area contributed by atoms with Crippen LogP contribution in [0.15, 0.2) is 40.8 Å². The zero-order valence-electron chi connectivity index (χ0n) is 16.0. The number of hydrazone groups is 1. The Labute approximate surface area is 172 Å². The van der Waals surface area contributed by atoms with Crippen LogP contribution in [0.25, 0.3) is 0 Å². The van der Waals surface area contributed by atoms with Gasteiger partial charge in [0, 0.05) is 19.4 Å². The van der Waals surface area contributed by atoms with Crippen molar-refractivity contribution in [3.8, 4) is 11.5 Å². The van der Waals surface area contributed by atoms with Crippen molar-refractivity contribution in [3.63, 3.8) is 0 Å². The van der Waals surface area contributed by atoms with Crippen molar-refractivity contribution in [1.82, 2.24) is 9.91 Å². The Morgan fingerprint density at radius 2 is 2.07 bits per heavy atom. The van der Waals surface area contributed by atoms with E-state index in [4.69, 9.17) is 9.47 Å². The van der Waals surface area contributed by atoms with Crippen LogP contribution in [-0.2, 0) is 9.59 Å². The van der Waals surface area contributed by atoms with Gasteiger partial charge >= 0.3 is 0 Å². The van der Waals surface area contributed by atoms with Gasteiger partial charge in [-0.3, -0.25) is 9.59 Å². The fourth-order valence-corrected chi connectivity index (χ4v) is 4.43. The van der Waals surface area contributed by atoms with E-state index in [2.05, 4.69) is 5.10 Å². The van der Waals surface area contributed by atoms with Crippen molar-refractivity contribution < 1.29 is 19.1 Å². The van der Waals surface area contributed by atoms with Gasteiger partial charge in [0.05, 0.1) is 16.6 Å². The molecule has 1 unspecified atom stereocenters. The van der Waals surface area contributed by atoms with Crippen LogP contribution in [-0.4, -0.2) is 47.8 Å². The van der Waals surface area contributed by atoms with Gasteiger partial charge in [-0.25, -0.2) is 5.01 Å². The molecule has 0 spiro atoms. The highest BCUT2D eigenvalue weighted by molar-refractivity contribution is 7.12. The molecule has 5 rings (SSSR count). The zero-order valence-corrected chi connectivity index (χ0v) is 16.9. The Kier molecular flexibility index (Phi) is 4.50. The highest BCUT2D eigenvalue weighted by Gasteiger charge is 2.37. The quantitative estimate of drug-likeness (QED) is 0.758. The number of fused-ring (bicyclic) bond motifs is 1. The molecule has 0 bridgehead atoms. The highest BCUT2D eigenvalue weighted by Crippen LogP contribution is 2.39.